The third-order valence-electron chi connectivity index (χ3n) is 2.72. The molecule has 1 aliphatic heterocycles. The van der Waals surface area contributed by atoms with Crippen LogP contribution >= 0.6 is 15.9 Å². The first-order valence-corrected chi connectivity index (χ1v) is 6.50. The molecule has 0 radical (unpaired) electrons. The second-order valence-corrected chi connectivity index (χ2v) is 4.89. The molecule has 1 amide bonds. The molecule has 1 N–H and O–H groups in total. The van der Waals surface area contributed by atoms with E-state index in [0.717, 1.165) is 0 Å². The van der Waals surface area contributed by atoms with Gasteiger partial charge in [0.15, 0.2) is 0 Å². The van der Waals surface area contributed by atoms with Crippen molar-refractivity contribution in [2.45, 2.75) is 0 Å². The van der Waals surface area contributed by atoms with Crippen molar-refractivity contribution in [3.63, 3.8) is 0 Å². The predicted octanol–water partition coefficient (Wildman–Crippen LogP) is 1.86. The first-order chi connectivity index (χ1) is 8.66. The Morgan fingerprint density at radius 2 is 2.17 bits per heavy atom. The van der Waals surface area contributed by atoms with Crippen LogP contribution < -0.4 is 5.32 Å². The van der Waals surface area contributed by atoms with E-state index in [1.54, 1.807) is 17.0 Å². The van der Waals surface area contributed by atoms with Gasteiger partial charge in [0.25, 0.3) is 0 Å². The van der Waals surface area contributed by atoms with E-state index in [2.05, 4.69) is 21.2 Å². The van der Waals surface area contributed by atoms with Crippen LogP contribution in [0.3, 0.4) is 0 Å². The van der Waals surface area contributed by atoms with Crippen LogP contribution in [0.25, 0.3) is 0 Å². The zero-order chi connectivity index (χ0) is 13.0. The fourth-order valence-corrected chi connectivity index (χ4v) is 2.06. The molecule has 0 bridgehead atoms. The van der Waals surface area contributed by atoms with Crippen LogP contribution in [0.5, 0.6) is 0 Å². The Hall–Kier alpha value is -1.14. The maximum Gasteiger partial charge on any atom is 0.242 e. The average Bonchev–Trinajstić information content (AvgIpc) is 2.38. The minimum atomic E-state index is -0.376. The largest absolute Gasteiger partial charge is 0.378 e. The molecule has 1 aliphatic rings. The zero-order valence-electron chi connectivity index (χ0n) is 9.79. The molecule has 2 rings (SSSR count). The Balaban J connectivity index is 1.88. The fourth-order valence-electron chi connectivity index (χ4n) is 1.73. The van der Waals surface area contributed by atoms with Crippen molar-refractivity contribution < 1.29 is 13.9 Å². The van der Waals surface area contributed by atoms with Gasteiger partial charge in [-0.1, -0.05) is 15.9 Å². The summed E-state index contributed by atoms with van der Waals surface area (Å²) in [4.78, 5) is 13.5. The number of anilines is 1. The highest BCUT2D eigenvalue weighted by Gasteiger charge is 2.16. The minimum Gasteiger partial charge on any atom is -0.378 e. The number of nitrogens with zero attached hydrogens (tertiary/aromatic N) is 1. The second kappa shape index (κ2) is 6.15. The maximum absolute atomic E-state index is 13.5. The summed E-state index contributed by atoms with van der Waals surface area (Å²) in [7, 11) is 0. The molecule has 1 saturated heterocycles. The number of amides is 1. The normalized spacial score (nSPS) is 15.6. The summed E-state index contributed by atoms with van der Waals surface area (Å²) in [6.07, 6.45) is 0. The van der Waals surface area contributed by atoms with E-state index in [4.69, 9.17) is 4.74 Å². The molecule has 0 aliphatic carbocycles. The summed E-state index contributed by atoms with van der Waals surface area (Å²) in [5, 5.41) is 2.81. The third kappa shape index (κ3) is 3.43. The van der Waals surface area contributed by atoms with Crippen LogP contribution in [0.1, 0.15) is 0 Å². The molecule has 6 heteroatoms. The monoisotopic (exact) mass is 316 g/mol. The van der Waals surface area contributed by atoms with Crippen LogP contribution in [0, 0.1) is 5.82 Å². The Morgan fingerprint density at radius 3 is 2.83 bits per heavy atom. The van der Waals surface area contributed by atoms with Gasteiger partial charge in [0.1, 0.15) is 5.82 Å². The zero-order valence-corrected chi connectivity index (χ0v) is 11.4. The highest BCUT2D eigenvalue weighted by atomic mass is 79.9. The molecule has 0 spiro atoms. The Labute approximate surface area is 113 Å². The molecule has 0 saturated carbocycles. The van der Waals surface area contributed by atoms with Crippen LogP contribution in [0.15, 0.2) is 22.7 Å². The SMILES string of the molecule is O=C(CNc1ccc(Br)cc1F)N1CCOCC1. The molecule has 98 valence electrons. The minimum absolute atomic E-state index is 0.0411. The number of carbonyl (C=O) groups is 1. The first-order valence-electron chi connectivity index (χ1n) is 5.71. The van der Waals surface area contributed by atoms with E-state index in [-0.39, 0.29) is 18.3 Å². The molecule has 0 atom stereocenters. The van der Waals surface area contributed by atoms with Crippen LogP contribution in [-0.4, -0.2) is 43.7 Å². The van der Waals surface area contributed by atoms with Gasteiger partial charge in [0.05, 0.1) is 25.4 Å². The molecule has 0 unspecified atom stereocenters. The maximum atomic E-state index is 13.5. The van der Waals surface area contributed by atoms with Crippen LogP contribution in [0.2, 0.25) is 0 Å². The summed E-state index contributed by atoms with van der Waals surface area (Å²) in [5.74, 6) is -0.417. The van der Waals surface area contributed by atoms with Gasteiger partial charge in [0.2, 0.25) is 5.91 Å². The molecule has 4 nitrogen and oxygen atoms in total. The van der Waals surface area contributed by atoms with Crippen molar-refractivity contribution in [3.8, 4) is 0 Å². The summed E-state index contributed by atoms with van der Waals surface area (Å²) in [6.45, 7) is 2.43. The van der Waals surface area contributed by atoms with Crippen molar-refractivity contribution in [3.05, 3.63) is 28.5 Å². The summed E-state index contributed by atoms with van der Waals surface area (Å²) in [5.41, 5.74) is 0.333. The van der Waals surface area contributed by atoms with E-state index in [1.807, 2.05) is 0 Å². The van der Waals surface area contributed by atoms with E-state index in [1.165, 1.54) is 6.07 Å². The molecule has 18 heavy (non-hydrogen) atoms. The van der Waals surface area contributed by atoms with Crippen molar-refractivity contribution in [2.75, 3.05) is 38.2 Å². The number of hydrogen-bond donors (Lipinski definition) is 1. The number of benzene rings is 1. The van der Waals surface area contributed by atoms with Crippen molar-refractivity contribution in [1.82, 2.24) is 4.90 Å². The Bertz CT molecular complexity index is 436. The van der Waals surface area contributed by atoms with Gasteiger partial charge in [-0.3, -0.25) is 4.79 Å². The van der Waals surface area contributed by atoms with Crippen molar-refractivity contribution in [2.24, 2.45) is 0 Å². The molecular weight excluding hydrogens is 303 g/mol. The number of carbonyl (C=O) groups excluding carboxylic acids is 1. The lowest BCUT2D eigenvalue weighted by Gasteiger charge is -2.27. The van der Waals surface area contributed by atoms with Gasteiger partial charge in [-0.25, -0.2) is 4.39 Å². The molecule has 1 aromatic carbocycles. The van der Waals surface area contributed by atoms with Crippen LogP contribution in [-0.2, 0) is 9.53 Å². The van der Waals surface area contributed by atoms with Gasteiger partial charge < -0.3 is 15.0 Å². The summed E-state index contributed by atoms with van der Waals surface area (Å²) >= 11 is 3.18. The average molecular weight is 317 g/mol. The number of hydrogen-bond acceptors (Lipinski definition) is 3. The van der Waals surface area contributed by atoms with E-state index >= 15 is 0 Å². The van der Waals surface area contributed by atoms with Crippen LogP contribution in [0.4, 0.5) is 10.1 Å². The second-order valence-electron chi connectivity index (χ2n) is 3.97. The molecule has 1 aromatic rings. The Kier molecular flexibility index (Phi) is 4.54. The van der Waals surface area contributed by atoms with Gasteiger partial charge in [-0.2, -0.15) is 0 Å². The van der Waals surface area contributed by atoms with Gasteiger partial charge >= 0.3 is 0 Å². The smallest absolute Gasteiger partial charge is 0.242 e. The van der Waals surface area contributed by atoms with E-state index in [9.17, 15) is 9.18 Å². The first kappa shape index (κ1) is 13.3. The predicted molar refractivity (Wildman–Crippen MR) is 70.0 cm³/mol. The van der Waals surface area contributed by atoms with Gasteiger partial charge in [0, 0.05) is 17.6 Å². The molecule has 0 aromatic heterocycles. The Morgan fingerprint density at radius 1 is 1.44 bits per heavy atom. The standard InChI is InChI=1S/C12H14BrFN2O2/c13-9-1-2-11(10(14)7-9)15-8-12(17)16-3-5-18-6-4-16/h1-2,7,15H,3-6,8H2. The number of halogens is 2. The third-order valence-corrected chi connectivity index (χ3v) is 3.22. The lowest BCUT2D eigenvalue weighted by molar-refractivity contribution is -0.133. The highest BCUT2D eigenvalue weighted by molar-refractivity contribution is 9.10. The van der Waals surface area contributed by atoms with Crippen molar-refractivity contribution in [1.29, 1.82) is 0 Å². The number of morpholine rings is 1. The quantitative estimate of drug-likeness (QED) is 0.925. The fraction of sp³-hybridized carbons (Fsp3) is 0.417. The molecular formula is C12H14BrFN2O2. The molecule has 1 fully saturated rings. The van der Waals surface area contributed by atoms with Gasteiger partial charge in [-0.15, -0.1) is 0 Å². The van der Waals surface area contributed by atoms with E-state index in [0.29, 0.717) is 36.5 Å². The number of nitrogens with one attached hydrogen (secondary N) is 1. The number of rotatable bonds is 3. The molecule has 1 heterocycles. The highest BCUT2D eigenvalue weighted by Crippen LogP contribution is 2.19. The van der Waals surface area contributed by atoms with E-state index < -0.39 is 0 Å². The summed E-state index contributed by atoms with van der Waals surface area (Å²) in [6, 6.07) is 4.69. The van der Waals surface area contributed by atoms with Gasteiger partial charge in [-0.05, 0) is 18.2 Å². The topological polar surface area (TPSA) is 41.6 Å². The lowest BCUT2D eigenvalue weighted by atomic mass is 10.3. The lowest BCUT2D eigenvalue weighted by Crippen LogP contribution is -2.43. The summed E-state index contributed by atoms with van der Waals surface area (Å²) < 4.78 is 19.3. The van der Waals surface area contributed by atoms with Crippen molar-refractivity contribution >= 4 is 27.5 Å². The number of ether oxygens (including phenoxy) is 1.